The van der Waals surface area contributed by atoms with Gasteiger partial charge in [0.15, 0.2) is 0 Å². The van der Waals surface area contributed by atoms with Gasteiger partial charge in [0.05, 0.1) is 6.61 Å². The van der Waals surface area contributed by atoms with Crippen LogP contribution in [0.4, 0.5) is 0 Å². The molecule has 0 aromatic carbocycles. The van der Waals surface area contributed by atoms with Gasteiger partial charge in [-0.05, 0) is 44.1 Å². The summed E-state index contributed by atoms with van der Waals surface area (Å²) in [5.41, 5.74) is 6.43. The molecule has 3 heteroatoms. The lowest BCUT2D eigenvalue weighted by Crippen LogP contribution is -2.51. The van der Waals surface area contributed by atoms with E-state index in [0.29, 0.717) is 5.54 Å². The zero-order valence-corrected chi connectivity index (χ0v) is 11.5. The van der Waals surface area contributed by atoms with Crippen LogP contribution in [0.2, 0.25) is 0 Å². The highest BCUT2D eigenvalue weighted by Gasteiger charge is 2.44. The number of nitrogens with zero attached hydrogens (tertiary/aromatic N) is 1. The maximum Gasteiger partial charge on any atom is 0.0503 e. The number of methoxy groups -OCH3 is 1. The van der Waals surface area contributed by atoms with Gasteiger partial charge >= 0.3 is 0 Å². The summed E-state index contributed by atoms with van der Waals surface area (Å²) in [6, 6.07) is 0. The number of hydrogen-bond acceptors (Lipinski definition) is 3. The Kier molecular flexibility index (Phi) is 4.45. The third-order valence-corrected chi connectivity index (χ3v) is 5.00. The van der Waals surface area contributed by atoms with E-state index < -0.39 is 0 Å². The third kappa shape index (κ3) is 2.67. The molecule has 3 unspecified atom stereocenters. The number of rotatable bonds is 5. The summed E-state index contributed by atoms with van der Waals surface area (Å²) in [7, 11) is 1.81. The largest absolute Gasteiger partial charge is 0.384 e. The van der Waals surface area contributed by atoms with E-state index in [9.17, 15) is 0 Å². The Morgan fingerprint density at radius 2 is 2.18 bits per heavy atom. The molecule has 0 spiro atoms. The van der Waals surface area contributed by atoms with Gasteiger partial charge in [-0.3, -0.25) is 4.90 Å². The third-order valence-electron chi connectivity index (χ3n) is 5.00. The van der Waals surface area contributed by atoms with Crippen LogP contribution < -0.4 is 5.73 Å². The normalized spacial score (nSPS) is 39.0. The molecule has 1 saturated carbocycles. The molecular weight excluding hydrogens is 212 g/mol. The Hall–Kier alpha value is -0.120. The second-order valence-electron chi connectivity index (χ2n) is 6.00. The molecule has 2 aliphatic rings. The number of hydrogen-bond donors (Lipinski definition) is 1. The van der Waals surface area contributed by atoms with Crippen molar-refractivity contribution in [1.82, 2.24) is 4.90 Å². The molecule has 2 rings (SSSR count). The van der Waals surface area contributed by atoms with Gasteiger partial charge in [-0.15, -0.1) is 0 Å². The first kappa shape index (κ1) is 13.3. The van der Waals surface area contributed by atoms with Crippen LogP contribution >= 0.6 is 0 Å². The Morgan fingerprint density at radius 3 is 2.76 bits per heavy atom. The fraction of sp³-hybridized carbons (Fsp3) is 1.00. The highest BCUT2D eigenvalue weighted by molar-refractivity contribution is 5.01. The van der Waals surface area contributed by atoms with Crippen molar-refractivity contribution in [2.45, 2.75) is 44.6 Å². The summed E-state index contributed by atoms with van der Waals surface area (Å²) >= 11 is 0. The second kappa shape index (κ2) is 5.68. The average Bonchev–Trinajstić information content (AvgIpc) is 2.96. The van der Waals surface area contributed by atoms with Gasteiger partial charge in [0.25, 0.3) is 0 Å². The van der Waals surface area contributed by atoms with Crippen molar-refractivity contribution in [3.63, 3.8) is 0 Å². The highest BCUT2D eigenvalue weighted by Crippen LogP contribution is 2.42. The molecule has 2 fully saturated rings. The Morgan fingerprint density at radius 1 is 1.35 bits per heavy atom. The van der Waals surface area contributed by atoms with Crippen LogP contribution in [0.3, 0.4) is 0 Å². The molecule has 3 nitrogen and oxygen atoms in total. The van der Waals surface area contributed by atoms with Crippen LogP contribution in [0.15, 0.2) is 0 Å². The van der Waals surface area contributed by atoms with Crippen molar-refractivity contribution in [2.24, 2.45) is 17.6 Å². The molecule has 0 radical (unpaired) electrons. The van der Waals surface area contributed by atoms with Gasteiger partial charge in [-0.25, -0.2) is 0 Å². The zero-order chi connectivity index (χ0) is 12.3. The maximum absolute atomic E-state index is 6.11. The molecular formula is C14H28N2O. The topological polar surface area (TPSA) is 38.5 Å². The predicted molar refractivity (Wildman–Crippen MR) is 71.0 cm³/mol. The molecule has 1 heterocycles. The Labute approximate surface area is 106 Å². The smallest absolute Gasteiger partial charge is 0.0503 e. The first-order valence-corrected chi connectivity index (χ1v) is 7.18. The fourth-order valence-electron chi connectivity index (χ4n) is 3.80. The van der Waals surface area contributed by atoms with E-state index >= 15 is 0 Å². The molecule has 0 amide bonds. The summed E-state index contributed by atoms with van der Waals surface area (Å²) in [6.07, 6.45) is 6.60. The molecule has 1 saturated heterocycles. The number of ether oxygens (including phenoxy) is 1. The van der Waals surface area contributed by atoms with Crippen LogP contribution in [0.25, 0.3) is 0 Å². The summed E-state index contributed by atoms with van der Waals surface area (Å²) in [5.74, 6) is 1.63. The van der Waals surface area contributed by atoms with Crippen molar-refractivity contribution in [3.05, 3.63) is 0 Å². The van der Waals surface area contributed by atoms with Crippen LogP contribution in [-0.2, 0) is 4.74 Å². The fourth-order valence-corrected chi connectivity index (χ4v) is 3.80. The summed E-state index contributed by atoms with van der Waals surface area (Å²) in [5, 5.41) is 0. The first-order valence-electron chi connectivity index (χ1n) is 7.18. The van der Waals surface area contributed by atoms with Gasteiger partial charge in [-0.1, -0.05) is 13.3 Å². The Balaban J connectivity index is 1.95. The highest BCUT2D eigenvalue weighted by atomic mass is 16.5. The van der Waals surface area contributed by atoms with E-state index in [1.807, 2.05) is 7.11 Å². The van der Waals surface area contributed by atoms with Crippen LogP contribution in [0.1, 0.15) is 39.0 Å². The lowest BCUT2D eigenvalue weighted by atomic mass is 9.93. The van der Waals surface area contributed by atoms with E-state index in [1.165, 1.54) is 45.2 Å². The predicted octanol–water partition coefficient (Wildman–Crippen LogP) is 1.86. The average molecular weight is 240 g/mol. The second-order valence-corrected chi connectivity index (χ2v) is 6.00. The van der Waals surface area contributed by atoms with Crippen LogP contribution in [0, 0.1) is 11.8 Å². The summed E-state index contributed by atoms with van der Waals surface area (Å²) in [6.45, 7) is 6.48. The monoisotopic (exact) mass is 240 g/mol. The van der Waals surface area contributed by atoms with Crippen LogP contribution in [0.5, 0.6) is 0 Å². The van der Waals surface area contributed by atoms with E-state index in [2.05, 4.69) is 11.8 Å². The van der Waals surface area contributed by atoms with Gasteiger partial charge in [0.2, 0.25) is 0 Å². The van der Waals surface area contributed by atoms with Crippen molar-refractivity contribution < 1.29 is 4.74 Å². The quantitative estimate of drug-likeness (QED) is 0.797. The number of likely N-dealkylation sites (tertiary alicyclic amines) is 1. The molecule has 100 valence electrons. The molecule has 0 aromatic rings. The number of nitrogens with two attached hydrogens (primary N) is 1. The van der Waals surface area contributed by atoms with Gasteiger partial charge < -0.3 is 10.5 Å². The molecule has 17 heavy (non-hydrogen) atoms. The maximum atomic E-state index is 6.11. The van der Waals surface area contributed by atoms with E-state index in [1.54, 1.807) is 0 Å². The van der Waals surface area contributed by atoms with E-state index in [0.717, 1.165) is 25.0 Å². The Bertz CT molecular complexity index is 246. The van der Waals surface area contributed by atoms with Crippen molar-refractivity contribution in [2.75, 3.05) is 33.4 Å². The van der Waals surface area contributed by atoms with Crippen molar-refractivity contribution in [3.8, 4) is 0 Å². The van der Waals surface area contributed by atoms with E-state index in [4.69, 9.17) is 10.5 Å². The minimum Gasteiger partial charge on any atom is -0.384 e. The lowest BCUT2D eigenvalue weighted by molar-refractivity contribution is 0.104. The minimum atomic E-state index is 0.323. The van der Waals surface area contributed by atoms with Gasteiger partial charge in [-0.2, -0.15) is 0 Å². The lowest BCUT2D eigenvalue weighted by Gasteiger charge is -2.38. The standard InChI is InChI=1S/C14H28N2O/c1-3-12-4-6-14(8-12,11-15)16-7-5-13(9-16)10-17-2/h12-13H,3-11,15H2,1-2H3. The van der Waals surface area contributed by atoms with Gasteiger partial charge in [0, 0.05) is 25.7 Å². The van der Waals surface area contributed by atoms with Crippen molar-refractivity contribution >= 4 is 0 Å². The summed E-state index contributed by atoms with van der Waals surface area (Å²) < 4.78 is 5.29. The first-order chi connectivity index (χ1) is 8.24. The molecule has 1 aliphatic carbocycles. The molecule has 2 N–H and O–H groups in total. The molecule has 1 aliphatic heterocycles. The van der Waals surface area contributed by atoms with E-state index in [-0.39, 0.29) is 0 Å². The molecule has 0 bridgehead atoms. The molecule has 0 aromatic heterocycles. The SMILES string of the molecule is CCC1CCC(CN)(N2CCC(COC)C2)C1. The molecule has 3 atom stereocenters. The van der Waals surface area contributed by atoms with Gasteiger partial charge in [0.1, 0.15) is 0 Å². The van der Waals surface area contributed by atoms with Crippen LogP contribution in [-0.4, -0.2) is 43.8 Å². The zero-order valence-electron chi connectivity index (χ0n) is 11.5. The minimum absolute atomic E-state index is 0.323. The summed E-state index contributed by atoms with van der Waals surface area (Å²) in [4.78, 5) is 2.67. The van der Waals surface area contributed by atoms with Crippen molar-refractivity contribution in [1.29, 1.82) is 0 Å².